The molecule has 0 saturated heterocycles. The van der Waals surface area contributed by atoms with E-state index < -0.39 is 9.84 Å². The summed E-state index contributed by atoms with van der Waals surface area (Å²) in [4.78, 5) is 0.402. The average molecular weight is 242 g/mol. The quantitative estimate of drug-likeness (QED) is 0.794. The molecule has 1 aromatic carbocycles. The molecule has 1 aromatic rings. The Balaban J connectivity index is 0.00000106. The third kappa shape index (κ3) is 3.97. The summed E-state index contributed by atoms with van der Waals surface area (Å²) in [6.45, 7) is 10.1. The van der Waals surface area contributed by atoms with Gasteiger partial charge in [-0.1, -0.05) is 33.8 Å². The van der Waals surface area contributed by atoms with E-state index >= 15 is 0 Å². The summed E-state index contributed by atoms with van der Waals surface area (Å²) in [5.41, 5.74) is 2.25. The van der Waals surface area contributed by atoms with Crippen LogP contribution in [0, 0.1) is 6.92 Å². The topological polar surface area (TPSA) is 34.1 Å². The molecule has 0 fully saturated rings. The third-order valence-corrected chi connectivity index (χ3v) is 3.40. The van der Waals surface area contributed by atoms with Gasteiger partial charge in [0.05, 0.1) is 4.90 Å². The predicted molar refractivity (Wildman–Crippen MR) is 69.7 cm³/mol. The fourth-order valence-corrected chi connectivity index (χ4v) is 2.23. The van der Waals surface area contributed by atoms with E-state index in [1.807, 2.05) is 26.8 Å². The summed E-state index contributed by atoms with van der Waals surface area (Å²) in [5, 5.41) is 0. The standard InChI is InChI=1S/C11H16O2S.C2H6/c1-8(2)11-6-5-10(7-9(11)3)14(4,12)13;1-2/h5-8H,1-4H3;1-2H3. The maximum atomic E-state index is 11.3. The van der Waals surface area contributed by atoms with Crippen LogP contribution in [0.2, 0.25) is 0 Å². The van der Waals surface area contributed by atoms with Crippen LogP contribution in [0.25, 0.3) is 0 Å². The summed E-state index contributed by atoms with van der Waals surface area (Å²) < 4.78 is 22.5. The van der Waals surface area contributed by atoms with Crippen molar-refractivity contribution < 1.29 is 8.42 Å². The van der Waals surface area contributed by atoms with Crippen molar-refractivity contribution in [1.29, 1.82) is 0 Å². The van der Waals surface area contributed by atoms with Crippen molar-refractivity contribution in [2.24, 2.45) is 0 Å². The van der Waals surface area contributed by atoms with Gasteiger partial charge in [0.25, 0.3) is 0 Å². The minimum atomic E-state index is -3.07. The van der Waals surface area contributed by atoms with E-state index in [0.29, 0.717) is 10.8 Å². The van der Waals surface area contributed by atoms with Gasteiger partial charge >= 0.3 is 0 Å². The van der Waals surface area contributed by atoms with Gasteiger partial charge in [0.1, 0.15) is 0 Å². The fraction of sp³-hybridized carbons (Fsp3) is 0.538. The number of rotatable bonds is 2. The van der Waals surface area contributed by atoms with Gasteiger partial charge in [-0.3, -0.25) is 0 Å². The minimum absolute atomic E-state index is 0.402. The summed E-state index contributed by atoms with van der Waals surface area (Å²) >= 11 is 0. The molecule has 0 heterocycles. The first-order chi connectivity index (χ1) is 7.32. The first-order valence-corrected chi connectivity index (χ1v) is 7.52. The lowest BCUT2D eigenvalue weighted by Crippen LogP contribution is -2.00. The zero-order chi connectivity index (χ0) is 12.9. The van der Waals surface area contributed by atoms with E-state index in [2.05, 4.69) is 13.8 Å². The van der Waals surface area contributed by atoms with Crippen LogP contribution in [0.4, 0.5) is 0 Å². The number of sulfone groups is 1. The van der Waals surface area contributed by atoms with E-state index in [9.17, 15) is 8.42 Å². The second-order valence-electron chi connectivity index (χ2n) is 3.95. The maximum Gasteiger partial charge on any atom is 0.175 e. The average Bonchev–Trinajstić information content (AvgIpc) is 2.18. The van der Waals surface area contributed by atoms with Crippen LogP contribution in [-0.2, 0) is 9.84 Å². The molecular weight excluding hydrogens is 220 g/mol. The molecule has 0 saturated carbocycles. The molecule has 0 N–H and O–H groups in total. The molecule has 0 aromatic heterocycles. The van der Waals surface area contributed by atoms with E-state index in [-0.39, 0.29) is 0 Å². The molecule has 2 nitrogen and oxygen atoms in total. The molecule has 16 heavy (non-hydrogen) atoms. The van der Waals surface area contributed by atoms with Crippen molar-refractivity contribution >= 4 is 9.84 Å². The van der Waals surface area contributed by atoms with Crippen LogP contribution in [-0.4, -0.2) is 14.7 Å². The normalized spacial score (nSPS) is 10.9. The van der Waals surface area contributed by atoms with Crippen molar-refractivity contribution in [3.8, 4) is 0 Å². The second kappa shape index (κ2) is 6.04. The zero-order valence-electron chi connectivity index (χ0n) is 11.0. The Morgan fingerprint density at radius 1 is 1.12 bits per heavy atom. The second-order valence-corrected chi connectivity index (χ2v) is 5.96. The molecule has 0 radical (unpaired) electrons. The third-order valence-electron chi connectivity index (χ3n) is 2.29. The van der Waals surface area contributed by atoms with E-state index in [1.54, 1.807) is 12.1 Å². The van der Waals surface area contributed by atoms with Gasteiger partial charge in [-0.25, -0.2) is 8.42 Å². The first kappa shape index (κ1) is 15.2. The highest BCUT2D eigenvalue weighted by Crippen LogP contribution is 2.21. The van der Waals surface area contributed by atoms with E-state index in [0.717, 1.165) is 5.56 Å². The van der Waals surface area contributed by atoms with Crippen LogP contribution in [0.3, 0.4) is 0 Å². The summed E-state index contributed by atoms with van der Waals surface area (Å²) in [6.07, 6.45) is 1.23. The van der Waals surface area contributed by atoms with E-state index in [1.165, 1.54) is 11.8 Å². The van der Waals surface area contributed by atoms with Crippen molar-refractivity contribution in [1.82, 2.24) is 0 Å². The Bertz CT molecular complexity index is 431. The highest BCUT2D eigenvalue weighted by atomic mass is 32.2. The lowest BCUT2D eigenvalue weighted by atomic mass is 9.98. The molecule has 92 valence electrons. The fourth-order valence-electron chi connectivity index (χ4n) is 1.53. The zero-order valence-corrected chi connectivity index (χ0v) is 11.9. The lowest BCUT2D eigenvalue weighted by molar-refractivity contribution is 0.601. The molecule has 0 unspecified atom stereocenters. The van der Waals surface area contributed by atoms with Crippen molar-refractivity contribution in [2.75, 3.05) is 6.26 Å². The minimum Gasteiger partial charge on any atom is -0.224 e. The Kier molecular flexibility index (Phi) is 5.73. The van der Waals surface area contributed by atoms with Gasteiger partial charge in [0.2, 0.25) is 0 Å². The maximum absolute atomic E-state index is 11.3. The predicted octanol–water partition coefficient (Wildman–Crippen LogP) is 3.55. The Morgan fingerprint density at radius 2 is 1.62 bits per heavy atom. The Labute approximate surface area is 99.6 Å². The molecule has 0 spiro atoms. The number of hydrogen-bond acceptors (Lipinski definition) is 2. The van der Waals surface area contributed by atoms with Gasteiger partial charge < -0.3 is 0 Å². The van der Waals surface area contributed by atoms with Crippen LogP contribution in [0.5, 0.6) is 0 Å². The number of aryl methyl sites for hydroxylation is 1. The van der Waals surface area contributed by atoms with E-state index in [4.69, 9.17) is 0 Å². The van der Waals surface area contributed by atoms with Gasteiger partial charge in [-0.15, -0.1) is 0 Å². The molecule has 0 amide bonds. The molecule has 0 aliphatic heterocycles. The van der Waals surface area contributed by atoms with Crippen molar-refractivity contribution in [3.63, 3.8) is 0 Å². The first-order valence-electron chi connectivity index (χ1n) is 5.63. The molecule has 0 bridgehead atoms. The van der Waals surface area contributed by atoms with Crippen LogP contribution in [0.15, 0.2) is 23.1 Å². The molecular formula is C13H22O2S. The SMILES string of the molecule is CC.Cc1cc(S(C)(=O)=O)ccc1C(C)C. The number of hydrogen-bond donors (Lipinski definition) is 0. The lowest BCUT2D eigenvalue weighted by Gasteiger charge is -2.10. The highest BCUT2D eigenvalue weighted by molar-refractivity contribution is 7.90. The number of benzene rings is 1. The summed E-state index contributed by atoms with van der Waals surface area (Å²) in [6, 6.07) is 5.32. The monoisotopic (exact) mass is 242 g/mol. The Morgan fingerprint density at radius 3 is 1.94 bits per heavy atom. The van der Waals surface area contributed by atoms with Crippen LogP contribution in [0.1, 0.15) is 44.7 Å². The molecule has 3 heteroatoms. The summed E-state index contributed by atoms with van der Waals surface area (Å²) in [5.74, 6) is 0.434. The van der Waals surface area contributed by atoms with Gasteiger partial charge in [-0.2, -0.15) is 0 Å². The largest absolute Gasteiger partial charge is 0.224 e. The van der Waals surface area contributed by atoms with Crippen LogP contribution >= 0.6 is 0 Å². The molecule has 0 atom stereocenters. The molecule has 0 aliphatic carbocycles. The van der Waals surface area contributed by atoms with Gasteiger partial charge in [0.15, 0.2) is 9.84 Å². The van der Waals surface area contributed by atoms with Gasteiger partial charge in [-0.05, 0) is 36.1 Å². The van der Waals surface area contributed by atoms with Crippen molar-refractivity contribution in [3.05, 3.63) is 29.3 Å². The highest BCUT2D eigenvalue weighted by Gasteiger charge is 2.10. The van der Waals surface area contributed by atoms with Crippen molar-refractivity contribution in [2.45, 2.75) is 45.4 Å². The molecule has 1 rings (SSSR count). The van der Waals surface area contributed by atoms with Crippen LogP contribution < -0.4 is 0 Å². The Hall–Kier alpha value is -0.830. The molecule has 0 aliphatic rings. The van der Waals surface area contributed by atoms with Gasteiger partial charge in [0, 0.05) is 6.26 Å². The summed E-state index contributed by atoms with van der Waals surface area (Å²) in [7, 11) is -3.07. The smallest absolute Gasteiger partial charge is 0.175 e.